The van der Waals surface area contributed by atoms with Crippen LogP contribution in [0.1, 0.15) is 81.1 Å². The van der Waals surface area contributed by atoms with E-state index >= 15 is 0 Å². The number of carbonyl (C=O) groups excluding carboxylic acids is 2. The van der Waals surface area contributed by atoms with Crippen LogP contribution in [0.25, 0.3) is 0 Å². The van der Waals surface area contributed by atoms with Crippen molar-refractivity contribution in [1.29, 1.82) is 0 Å². The van der Waals surface area contributed by atoms with Crippen LogP contribution in [-0.4, -0.2) is 24.3 Å². The Morgan fingerprint density at radius 2 is 1.92 bits per heavy atom. The van der Waals surface area contributed by atoms with Gasteiger partial charge in [-0.3, -0.25) is 9.59 Å². The van der Waals surface area contributed by atoms with Gasteiger partial charge >= 0.3 is 0 Å². The van der Waals surface area contributed by atoms with E-state index in [2.05, 4.69) is 19.2 Å². The summed E-state index contributed by atoms with van der Waals surface area (Å²) in [6.45, 7) is 6.72. The molecule has 1 N–H and O–H groups in total. The molecule has 4 nitrogen and oxygen atoms in total. The molecule has 1 amide bonds. The molecule has 3 rings (SSSR count). The second-order valence-corrected chi connectivity index (χ2v) is 8.26. The van der Waals surface area contributed by atoms with Crippen molar-refractivity contribution in [2.45, 2.75) is 71.3 Å². The van der Waals surface area contributed by atoms with Gasteiger partial charge in [-0.15, -0.1) is 0 Å². The Bertz CT molecular complexity index is 659. The second kappa shape index (κ2) is 8.24. The number of ketones is 1. The zero-order valence-electron chi connectivity index (χ0n) is 16.2. The van der Waals surface area contributed by atoms with Gasteiger partial charge < -0.3 is 10.1 Å². The maximum Gasteiger partial charge on any atom is 0.251 e. The van der Waals surface area contributed by atoms with Crippen LogP contribution in [0.5, 0.6) is 5.75 Å². The summed E-state index contributed by atoms with van der Waals surface area (Å²) in [5.41, 5.74) is 1.81. The smallest absolute Gasteiger partial charge is 0.251 e. The number of amides is 1. The minimum atomic E-state index is -0.411. The third-order valence-electron chi connectivity index (χ3n) is 5.21. The highest BCUT2D eigenvalue weighted by Gasteiger charge is 2.29. The zero-order valence-corrected chi connectivity index (χ0v) is 16.2. The number of hydrogen-bond acceptors (Lipinski definition) is 3. The van der Waals surface area contributed by atoms with E-state index in [4.69, 9.17) is 4.74 Å². The van der Waals surface area contributed by atoms with Gasteiger partial charge in [0.1, 0.15) is 5.75 Å². The average molecular weight is 357 g/mol. The lowest BCUT2D eigenvalue weighted by Gasteiger charge is -2.19. The molecule has 2 aliphatic carbocycles. The Morgan fingerprint density at radius 3 is 2.50 bits per heavy atom. The molecule has 142 valence electrons. The van der Waals surface area contributed by atoms with Gasteiger partial charge in [0.25, 0.3) is 5.91 Å². The maximum absolute atomic E-state index is 12.7. The van der Waals surface area contributed by atoms with Crippen molar-refractivity contribution in [3.05, 3.63) is 29.3 Å². The summed E-state index contributed by atoms with van der Waals surface area (Å²) in [4.78, 5) is 24.9. The van der Waals surface area contributed by atoms with Crippen molar-refractivity contribution in [3.63, 3.8) is 0 Å². The third-order valence-corrected chi connectivity index (χ3v) is 5.21. The van der Waals surface area contributed by atoms with Crippen LogP contribution in [0, 0.1) is 11.8 Å². The number of ether oxygens (including phenoxy) is 1. The van der Waals surface area contributed by atoms with Crippen molar-refractivity contribution >= 4 is 11.7 Å². The molecule has 26 heavy (non-hydrogen) atoms. The molecule has 2 saturated carbocycles. The first-order chi connectivity index (χ1) is 12.5. The minimum absolute atomic E-state index is 0.0897. The highest BCUT2D eigenvalue weighted by molar-refractivity contribution is 5.98. The van der Waals surface area contributed by atoms with Crippen LogP contribution in [-0.2, 0) is 4.79 Å². The van der Waals surface area contributed by atoms with Crippen molar-refractivity contribution in [2.24, 2.45) is 11.8 Å². The molecule has 0 saturated heterocycles. The van der Waals surface area contributed by atoms with E-state index in [0.717, 1.165) is 12.4 Å². The average Bonchev–Trinajstić information content (AvgIpc) is 3.51. The topological polar surface area (TPSA) is 55.4 Å². The molecule has 2 aliphatic rings. The van der Waals surface area contributed by atoms with Crippen LogP contribution < -0.4 is 10.1 Å². The van der Waals surface area contributed by atoms with Gasteiger partial charge in [-0.05, 0) is 67.6 Å². The van der Waals surface area contributed by atoms with Gasteiger partial charge in [0.15, 0.2) is 5.78 Å². The molecule has 0 bridgehead atoms. The Hall–Kier alpha value is -1.84. The molecule has 0 radical (unpaired) electrons. The Kier molecular flexibility index (Phi) is 6.00. The van der Waals surface area contributed by atoms with Crippen molar-refractivity contribution in [3.8, 4) is 5.75 Å². The standard InChI is InChI=1S/C22H31NO3/c1-4-20(24)19(11-14(2)3)23-22(25)17-9-10-18(16-7-8-16)21(12-17)26-13-15-5-6-15/h9-10,12,14-16,19H,4-8,11,13H2,1-3H3,(H,23,25)/t19-/m0/s1. The highest BCUT2D eigenvalue weighted by atomic mass is 16.5. The highest BCUT2D eigenvalue weighted by Crippen LogP contribution is 2.45. The van der Waals surface area contributed by atoms with E-state index < -0.39 is 6.04 Å². The lowest BCUT2D eigenvalue weighted by molar-refractivity contribution is -0.120. The molecule has 0 spiro atoms. The molecular weight excluding hydrogens is 326 g/mol. The van der Waals surface area contributed by atoms with Crippen LogP contribution in [0.2, 0.25) is 0 Å². The van der Waals surface area contributed by atoms with Crippen molar-refractivity contribution in [2.75, 3.05) is 6.61 Å². The summed E-state index contributed by atoms with van der Waals surface area (Å²) >= 11 is 0. The normalized spacial score (nSPS) is 17.8. The fourth-order valence-corrected chi connectivity index (χ4v) is 3.25. The zero-order chi connectivity index (χ0) is 18.7. The second-order valence-electron chi connectivity index (χ2n) is 8.26. The minimum Gasteiger partial charge on any atom is -0.493 e. The van der Waals surface area contributed by atoms with Crippen LogP contribution in [0.15, 0.2) is 18.2 Å². The summed E-state index contributed by atoms with van der Waals surface area (Å²) in [5.74, 6) is 2.37. The van der Waals surface area contributed by atoms with Crippen LogP contribution in [0.4, 0.5) is 0 Å². The van der Waals surface area contributed by atoms with Gasteiger partial charge in [-0.25, -0.2) is 0 Å². The first-order valence-electron chi connectivity index (χ1n) is 10.1. The van der Waals surface area contributed by atoms with E-state index in [1.165, 1.54) is 31.2 Å². The molecule has 0 heterocycles. The number of rotatable bonds is 10. The number of carbonyl (C=O) groups is 2. The summed E-state index contributed by atoms with van der Waals surface area (Å²) < 4.78 is 6.04. The molecule has 0 unspecified atom stereocenters. The van der Waals surface area contributed by atoms with E-state index in [9.17, 15) is 9.59 Å². The Morgan fingerprint density at radius 1 is 1.19 bits per heavy atom. The molecule has 1 aromatic carbocycles. The molecule has 1 aromatic rings. The molecular formula is C22H31NO3. The van der Waals surface area contributed by atoms with Crippen LogP contribution in [0.3, 0.4) is 0 Å². The van der Waals surface area contributed by atoms with E-state index in [1.54, 1.807) is 0 Å². The molecule has 4 heteroatoms. The first-order valence-corrected chi connectivity index (χ1v) is 10.1. The summed E-state index contributed by atoms with van der Waals surface area (Å²) in [5, 5.41) is 2.94. The summed E-state index contributed by atoms with van der Waals surface area (Å²) in [6, 6.07) is 5.37. The number of benzene rings is 1. The largest absolute Gasteiger partial charge is 0.493 e. The molecule has 0 aliphatic heterocycles. The lowest BCUT2D eigenvalue weighted by atomic mass is 9.98. The predicted octanol–water partition coefficient (Wildman–Crippen LogP) is 4.48. The van der Waals surface area contributed by atoms with Crippen molar-refractivity contribution < 1.29 is 14.3 Å². The van der Waals surface area contributed by atoms with Gasteiger partial charge in [0.05, 0.1) is 12.6 Å². The number of hydrogen-bond donors (Lipinski definition) is 1. The Labute approximate surface area is 156 Å². The molecule has 2 fully saturated rings. The fourth-order valence-electron chi connectivity index (χ4n) is 3.25. The lowest BCUT2D eigenvalue weighted by Crippen LogP contribution is -2.41. The van der Waals surface area contributed by atoms with E-state index in [1.807, 2.05) is 25.1 Å². The summed E-state index contributed by atoms with van der Waals surface area (Å²) in [7, 11) is 0. The van der Waals surface area contributed by atoms with Crippen LogP contribution >= 0.6 is 0 Å². The SMILES string of the molecule is CCC(=O)[C@H](CC(C)C)NC(=O)c1ccc(C2CC2)c(OCC2CC2)c1. The van der Waals surface area contributed by atoms with E-state index in [0.29, 0.717) is 36.2 Å². The Balaban J connectivity index is 1.72. The first kappa shape index (κ1) is 18.9. The quantitative estimate of drug-likeness (QED) is 0.672. The fraction of sp³-hybridized carbons (Fsp3) is 0.636. The monoisotopic (exact) mass is 357 g/mol. The van der Waals surface area contributed by atoms with Gasteiger partial charge in [0.2, 0.25) is 0 Å². The van der Waals surface area contributed by atoms with E-state index in [-0.39, 0.29) is 11.7 Å². The number of nitrogens with one attached hydrogen (secondary N) is 1. The van der Waals surface area contributed by atoms with Gasteiger partial charge in [-0.1, -0.05) is 26.8 Å². The number of Topliss-reactive ketones (excluding diaryl/α,β-unsaturated/α-hetero) is 1. The predicted molar refractivity (Wildman–Crippen MR) is 103 cm³/mol. The van der Waals surface area contributed by atoms with Crippen molar-refractivity contribution in [1.82, 2.24) is 5.32 Å². The van der Waals surface area contributed by atoms with Gasteiger partial charge in [0, 0.05) is 12.0 Å². The maximum atomic E-state index is 12.7. The third kappa shape index (κ3) is 5.09. The summed E-state index contributed by atoms with van der Waals surface area (Å²) in [6.07, 6.45) is 6.00. The van der Waals surface area contributed by atoms with Gasteiger partial charge in [-0.2, -0.15) is 0 Å². The molecule has 1 atom stereocenters. The molecule has 0 aromatic heterocycles.